The molecule has 9 nitrogen and oxygen atoms in total. The van der Waals surface area contributed by atoms with Crippen LogP contribution in [0.5, 0.6) is 0 Å². The van der Waals surface area contributed by atoms with Gasteiger partial charge < -0.3 is 15.2 Å². The molecule has 0 saturated carbocycles. The quantitative estimate of drug-likeness (QED) is 0.233. The van der Waals surface area contributed by atoms with Gasteiger partial charge in [0.25, 0.3) is 0 Å². The highest BCUT2D eigenvalue weighted by atomic mass is 19.1. The summed E-state index contributed by atoms with van der Waals surface area (Å²) in [5, 5.41) is 10.8. The van der Waals surface area contributed by atoms with Crippen LogP contribution in [0.15, 0.2) is 66.3 Å². The molecule has 0 aliphatic carbocycles. The third-order valence-electron chi connectivity index (χ3n) is 5.98. The maximum Gasteiger partial charge on any atom is 0.178 e. The number of imidazole rings is 1. The van der Waals surface area contributed by atoms with Crippen LogP contribution in [-0.4, -0.2) is 68.4 Å². The first-order valence-electron chi connectivity index (χ1n) is 12.2. The van der Waals surface area contributed by atoms with Gasteiger partial charge >= 0.3 is 0 Å². The second-order valence-corrected chi connectivity index (χ2v) is 8.95. The fraction of sp³-hybridized carbons (Fsp3) is 0.179. The van der Waals surface area contributed by atoms with Crippen molar-refractivity contribution in [3.63, 3.8) is 0 Å². The molecule has 10 heteroatoms. The van der Waals surface area contributed by atoms with E-state index in [0.717, 1.165) is 17.6 Å². The molecule has 5 aromatic rings. The Morgan fingerprint density at radius 1 is 1.18 bits per heavy atom. The lowest BCUT2D eigenvalue weighted by atomic mass is 10.0. The molecule has 0 radical (unpaired) electrons. The van der Waals surface area contributed by atoms with Crippen LogP contribution in [0.1, 0.15) is 12.6 Å². The minimum atomic E-state index is -0.325. The molecule has 0 unspecified atom stereocenters. The zero-order chi connectivity index (χ0) is 26.6. The molecule has 3 N–H and O–H groups in total. The summed E-state index contributed by atoms with van der Waals surface area (Å²) in [7, 11) is 3.99. The average molecular weight is 510 g/mol. The van der Waals surface area contributed by atoms with Crippen LogP contribution in [-0.2, 0) is 0 Å². The number of hydrogen-bond donors (Lipinski definition) is 3. The van der Waals surface area contributed by atoms with E-state index >= 15 is 0 Å². The first-order valence-corrected chi connectivity index (χ1v) is 12.2. The summed E-state index contributed by atoms with van der Waals surface area (Å²) in [6.45, 7) is 7.11. The summed E-state index contributed by atoms with van der Waals surface area (Å²) in [4.78, 5) is 23.7. The number of aliphatic imine (C=N–C) groups is 1. The van der Waals surface area contributed by atoms with Crippen LogP contribution in [0.25, 0.3) is 50.5 Å². The number of pyridine rings is 2. The molecule has 192 valence electrons. The van der Waals surface area contributed by atoms with Gasteiger partial charge in [-0.2, -0.15) is 5.10 Å². The Morgan fingerprint density at radius 3 is 2.84 bits per heavy atom. The number of H-pyrrole nitrogens is 2. The highest BCUT2D eigenvalue weighted by molar-refractivity contribution is 5.95. The molecule has 0 spiro atoms. The summed E-state index contributed by atoms with van der Waals surface area (Å²) in [6, 6.07) is 10.6. The van der Waals surface area contributed by atoms with Crippen molar-refractivity contribution in [2.75, 3.05) is 32.5 Å². The Labute approximate surface area is 219 Å². The monoisotopic (exact) mass is 509 g/mol. The number of nitrogens with one attached hydrogen (secondary N) is 3. The Hall–Kier alpha value is -4.70. The molecule has 1 aromatic carbocycles. The molecule has 0 bridgehead atoms. The van der Waals surface area contributed by atoms with E-state index in [0.29, 0.717) is 57.4 Å². The molecule has 0 fully saturated rings. The Morgan fingerprint density at radius 2 is 2.05 bits per heavy atom. The number of anilines is 1. The minimum absolute atomic E-state index is 0.325. The second-order valence-electron chi connectivity index (χ2n) is 8.95. The van der Waals surface area contributed by atoms with Gasteiger partial charge in [0.15, 0.2) is 17.2 Å². The van der Waals surface area contributed by atoms with E-state index in [1.807, 2.05) is 51.4 Å². The van der Waals surface area contributed by atoms with Crippen molar-refractivity contribution < 1.29 is 4.39 Å². The van der Waals surface area contributed by atoms with Gasteiger partial charge in [-0.25, -0.2) is 19.3 Å². The lowest BCUT2D eigenvalue weighted by Gasteiger charge is -2.13. The van der Waals surface area contributed by atoms with Gasteiger partial charge in [-0.15, -0.1) is 0 Å². The lowest BCUT2D eigenvalue weighted by molar-refractivity contribution is 0.425. The van der Waals surface area contributed by atoms with E-state index in [-0.39, 0.29) is 5.82 Å². The molecule has 38 heavy (non-hydrogen) atoms. The number of nitrogens with zero attached hydrogens (tertiary/aromatic N) is 6. The van der Waals surface area contributed by atoms with Crippen molar-refractivity contribution in [2.45, 2.75) is 6.92 Å². The molecule has 0 amide bonds. The van der Waals surface area contributed by atoms with E-state index in [1.54, 1.807) is 18.5 Å². The van der Waals surface area contributed by atoms with Crippen molar-refractivity contribution in [3.05, 3.63) is 72.8 Å². The van der Waals surface area contributed by atoms with Crippen molar-refractivity contribution in [3.8, 4) is 22.6 Å². The molecule has 4 aromatic heterocycles. The first kappa shape index (κ1) is 25.0. The molecule has 0 aliphatic heterocycles. The number of fused-ring (bicyclic) bond motifs is 2. The number of rotatable bonds is 9. The van der Waals surface area contributed by atoms with Gasteiger partial charge in [-0.05, 0) is 63.0 Å². The van der Waals surface area contributed by atoms with E-state index in [4.69, 9.17) is 4.98 Å². The molecule has 0 atom stereocenters. The summed E-state index contributed by atoms with van der Waals surface area (Å²) in [6.07, 6.45) is 6.79. The highest BCUT2D eigenvalue weighted by Crippen LogP contribution is 2.32. The fourth-order valence-electron chi connectivity index (χ4n) is 4.16. The van der Waals surface area contributed by atoms with Gasteiger partial charge in [-0.1, -0.05) is 18.7 Å². The SMILES string of the molecule is C=CC=N/C(=C\C)c1ccc2[nH]nc(-c3nc4nccc(-c5cc(F)cc(NCCN(C)C)c5)c4[nH]3)c2n1. The van der Waals surface area contributed by atoms with Crippen molar-refractivity contribution in [2.24, 2.45) is 4.99 Å². The van der Waals surface area contributed by atoms with E-state index in [1.165, 1.54) is 12.1 Å². The highest BCUT2D eigenvalue weighted by Gasteiger charge is 2.18. The van der Waals surface area contributed by atoms with Crippen LogP contribution in [0.2, 0.25) is 0 Å². The third kappa shape index (κ3) is 5.07. The summed E-state index contributed by atoms with van der Waals surface area (Å²) < 4.78 is 14.6. The molecule has 4 heterocycles. The van der Waals surface area contributed by atoms with E-state index in [9.17, 15) is 4.39 Å². The number of halogens is 1. The Balaban J connectivity index is 1.55. The molecule has 5 rings (SSSR count). The summed E-state index contributed by atoms with van der Waals surface area (Å²) >= 11 is 0. The van der Waals surface area contributed by atoms with E-state index in [2.05, 4.69) is 46.9 Å². The van der Waals surface area contributed by atoms with Gasteiger partial charge in [-0.3, -0.25) is 10.1 Å². The molecule has 0 saturated heterocycles. The van der Waals surface area contributed by atoms with Crippen LogP contribution in [0, 0.1) is 5.82 Å². The number of benzene rings is 1. The standard InChI is InChI=1S/C28H28FN9/c1-5-10-31-21(6-2)22-7-8-23-25(33-22)26(37-36-23)28-34-24-20(9-11-32-27(24)35-28)17-14-18(29)16-19(15-17)30-12-13-38(3)4/h5-11,14-16,30H,1,12-13H2,2-4H3,(H,36,37)(H,32,34,35)/b21-6-,31-10?. The zero-order valence-electron chi connectivity index (χ0n) is 21.5. The summed E-state index contributed by atoms with van der Waals surface area (Å²) in [5.41, 5.74) is 6.77. The largest absolute Gasteiger partial charge is 0.384 e. The number of allylic oxidation sites excluding steroid dienone is 2. The van der Waals surface area contributed by atoms with Gasteiger partial charge in [0.05, 0.1) is 22.4 Å². The topological polar surface area (TPSA) is 111 Å². The van der Waals surface area contributed by atoms with Crippen LogP contribution in [0.3, 0.4) is 0 Å². The predicted molar refractivity (Wildman–Crippen MR) is 152 cm³/mol. The third-order valence-corrected chi connectivity index (χ3v) is 5.98. The summed E-state index contributed by atoms with van der Waals surface area (Å²) in [5.74, 6) is 0.182. The van der Waals surface area contributed by atoms with Gasteiger partial charge in [0, 0.05) is 36.8 Å². The Bertz CT molecular complexity index is 1680. The molecular formula is C28H28FN9. The normalized spacial score (nSPS) is 12.3. The van der Waals surface area contributed by atoms with Gasteiger partial charge in [0.1, 0.15) is 11.3 Å². The fourth-order valence-corrected chi connectivity index (χ4v) is 4.16. The lowest BCUT2D eigenvalue weighted by Crippen LogP contribution is -2.20. The van der Waals surface area contributed by atoms with Crippen LogP contribution in [0.4, 0.5) is 10.1 Å². The van der Waals surface area contributed by atoms with Gasteiger partial charge in [0.2, 0.25) is 0 Å². The smallest absolute Gasteiger partial charge is 0.178 e. The van der Waals surface area contributed by atoms with Crippen molar-refractivity contribution in [1.82, 2.24) is 35.0 Å². The van der Waals surface area contributed by atoms with E-state index < -0.39 is 0 Å². The maximum atomic E-state index is 14.6. The number of hydrogen-bond acceptors (Lipinski definition) is 7. The zero-order valence-corrected chi connectivity index (χ0v) is 21.5. The number of aromatic amines is 2. The van der Waals surface area contributed by atoms with Crippen molar-refractivity contribution >= 4 is 39.8 Å². The second kappa shape index (κ2) is 10.7. The van der Waals surface area contributed by atoms with Crippen molar-refractivity contribution in [1.29, 1.82) is 0 Å². The minimum Gasteiger partial charge on any atom is -0.384 e. The van der Waals surface area contributed by atoms with Crippen LogP contribution < -0.4 is 5.32 Å². The van der Waals surface area contributed by atoms with Crippen LogP contribution >= 0.6 is 0 Å². The maximum absolute atomic E-state index is 14.6. The molecule has 0 aliphatic rings. The average Bonchev–Trinajstić information content (AvgIpc) is 3.52. The predicted octanol–water partition coefficient (Wildman–Crippen LogP) is 5.29. The number of aromatic nitrogens is 6. The number of likely N-dealkylation sites (N-methyl/N-ethyl adjacent to an activating group) is 1. The first-order chi connectivity index (χ1) is 18.5. The molecular weight excluding hydrogens is 481 g/mol. The Kier molecular flexibility index (Phi) is 7.05.